The third-order valence-corrected chi connectivity index (χ3v) is 3.32. The standard InChI is InChI=1S/C13H18O/c1-13(2)7-5-11-4-3-10(6-8-14)9-12(11)13/h3-4,9,14H,5-8H2,1-2H3. The van der Waals surface area contributed by atoms with E-state index in [0.717, 1.165) is 6.42 Å². The zero-order valence-corrected chi connectivity index (χ0v) is 9.01. The summed E-state index contributed by atoms with van der Waals surface area (Å²) in [5, 5.41) is 8.90. The van der Waals surface area contributed by atoms with Gasteiger partial charge in [-0.1, -0.05) is 32.0 Å². The van der Waals surface area contributed by atoms with Crippen LogP contribution in [0.1, 0.15) is 37.0 Å². The number of aryl methyl sites for hydroxylation is 1. The summed E-state index contributed by atoms with van der Waals surface area (Å²) in [5.74, 6) is 0. The second-order valence-electron chi connectivity index (χ2n) is 4.85. The minimum atomic E-state index is 0.249. The summed E-state index contributed by atoms with van der Waals surface area (Å²) in [6.45, 7) is 4.86. The summed E-state index contributed by atoms with van der Waals surface area (Å²) >= 11 is 0. The third kappa shape index (κ3) is 1.57. The van der Waals surface area contributed by atoms with E-state index in [0.29, 0.717) is 5.41 Å². The number of benzene rings is 1. The van der Waals surface area contributed by atoms with E-state index in [1.165, 1.54) is 29.5 Å². The quantitative estimate of drug-likeness (QED) is 0.759. The molecule has 0 heterocycles. The number of hydrogen-bond acceptors (Lipinski definition) is 1. The van der Waals surface area contributed by atoms with Gasteiger partial charge in [0.15, 0.2) is 0 Å². The van der Waals surface area contributed by atoms with E-state index in [9.17, 15) is 0 Å². The summed E-state index contributed by atoms with van der Waals surface area (Å²) in [6.07, 6.45) is 3.25. The molecule has 2 rings (SSSR count). The third-order valence-electron chi connectivity index (χ3n) is 3.32. The number of hydrogen-bond donors (Lipinski definition) is 1. The molecule has 0 unspecified atom stereocenters. The van der Waals surface area contributed by atoms with Crippen molar-refractivity contribution in [2.24, 2.45) is 0 Å². The van der Waals surface area contributed by atoms with Gasteiger partial charge in [0.05, 0.1) is 0 Å². The molecule has 0 saturated carbocycles. The van der Waals surface area contributed by atoms with Crippen molar-refractivity contribution in [2.75, 3.05) is 6.61 Å². The molecule has 0 amide bonds. The van der Waals surface area contributed by atoms with Crippen LogP contribution < -0.4 is 0 Å². The summed E-state index contributed by atoms with van der Waals surface area (Å²) in [6, 6.07) is 6.66. The van der Waals surface area contributed by atoms with E-state index in [-0.39, 0.29) is 6.61 Å². The van der Waals surface area contributed by atoms with E-state index in [4.69, 9.17) is 5.11 Å². The zero-order chi connectivity index (χ0) is 10.2. The van der Waals surface area contributed by atoms with Crippen LogP contribution in [-0.4, -0.2) is 11.7 Å². The first-order valence-electron chi connectivity index (χ1n) is 5.36. The lowest BCUT2D eigenvalue weighted by molar-refractivity contribution is 0.299. The van der Waals surface area contributed by atoms with Crippen molar-refractivity contribution in [3.63, 3.8) is 0 Å². The molecule has 0 atom stereocenters. The molecule has 0 bridgehead atoms. The molecular weight excluding hydrogens is 172 g/mol. The van der Waals surface area contributed by atoms with Crippen molar-refractivity contribution in [3.8, 4) is 0 Å². The van der Waals surface area contributed by atoms with Crippen LogP contribution in [0.15, 0.2) is 18.2 Å². The lowest BCUT2D eigenvalue weighted by Gasteiger charge is -2.19. The number of rotatable bonds is 2. The molecule has 14 heavy (non-hydrogen) atoms. The van der Waals surface area contributed by atoms with Crippen molar-refractivity contribution < 1.29 is 5.11 Å². The maximum absolute atomic E-state index is 8.90. The first-order chi connectivity index (χ1) is 6.63. The average molecular weight is 190 g/mol. The van der Waals surface area contributed by atoms with E-state index in [1.54, 1.807) is 0 Å². The second kappa shape index (κ2) is 3.39. The van der Waals surface area contributed by atoms with Crippen LogP contribution in [0.25, 0.3) is 0 Å². The van der Waals surface area contributed by atoms with E-state index >= 15 is 0 Å². The highest BCUT2D eigenvalue weighted by Gasteiger charge is 2.29. The SMILES string of the molecule is CC1(C)CCc2ccc(CCO)cc21. The van der Waals surface area contributed by atoms with Crippen LogP contribution in [-0.2, 0) is 18.3 Å². The van der Waals surface area contributed by atoms with Crippen molar-refractivity contribution in [1.29, 1.82) is 0 Å². The van der Waals surface area contributed by atoms with Gasteiger partial charge in [0.2, 0.25) is 0 Å². The molecule has 1 aliphatic rings. The Bertz CT molecular complexity index is 339. The Balaban J connectivity index is 2.38. The van der Waals surface area contributed by atoms with Crippen LogP contribution in [0, 0.1) is 0 Å². The Kier molecular flexibility index (Phi) is 2.36. The molecule has 1 heteroatoms. The van der Waals surface area contributed by atoms with E-state index in [2.05, 4.69) is 32.0 Å². The van der Waals surface area contributed by atoms with Crippen LogP contribution in [0.3, 0.4) is 0 Å². The molecule has 1 aromatic carbocycles. The molecule has 0 spiro atoms. The fraction of sp³-hybridized carbons (Fsp3) is 0.538. The van der Waals surface area contributed by atoms with Gasteiger partial charge in [0, 0.05) is 6.61 Å². The topological polar surface area (TPSA) is 20.2 Å². The highest BCUT2D eigenvalue weighted by atomic mass is 16.2. The molecule has 0 radical (unpaired) electrons. The van der Waals surface area contributed by atoms with Gasteiger partial charge in [-0.25, -0.2) is 0 Å². The molecule has 1 nitrogen and oxygen atoms in total. The summed E-state index contributed by atoms with van der Waals surface area (Å²) in [5.41, 5.74) is 4.59. The van der Waals surface area contributed by atoms with Gasteiger partial charge < -0.3 is 5.11 Å². The lowest BCUT2D eigenvalue weighted by Crippen LogP contribution is -2.12. The molecule has 76 valence electrons. The van der Waals surface area contributed by atoms with Crippen LogP contribution in [0.2, 0.25) is 0 Å². The summed E-state index contributed by atoms with van der Waals surface area (Å²) < 4.78 is 0. The fourth-order valence-corrected chi connectivity index (χ4v) is 2.34. The minimum absolute atomic E-state index is 0.249. The number of fused-ring (bicyclic) bond motifs is 1. The van der Waals surface area contributed by atoms with Gasteiger partial charge in [-0.15, -0.1) is 0 Å². The molecule has 0 aliphatic heterocycles. The Morgan fingerprint density at radius 3 is 2.86 bits per heavy atom. The first-order valence-corrected chi connectivity index (χ1v) is 5.36. The Hall–Kier alpha value is -0.820. The lowest BCUT2D eigenvalue weighted by atomic mass is 9.85. The maximum Gasteiger partial charge on any atom is 0.0471 e. The first kappa shape index (κ1) is 9.72. The van der Waals surface area contributed by atoms with Gasteiger partial charge in [-0.05, 0) is 41.4 Å². The fourth-order valence-electron chi connectivity index (χ4n) is 2.34. The van der Waals surface area contributed by atoms with Gasteiger partial charge in [0.1, 0.15) is 0 Å². The number of aliphatic hydroxyl groups excluding tert-OH is 1. The van der Waals surface area contributed by atoms with Crippen LogP contribution in [0.4, 0.5) is 0 Å². The Labute approximate surface area is 85.8 Å². The maximum atomic E-state index is 8.90. The average Bonchev–Trinajstić information content (AvgIpc) is 2.44. The molecule has 0 aromatic heterocycles. The molecule has 0 fully saturated rings. The second-order valence-corrected chi connectivity index (χ2v) is 4.85. The van der Waals surface area contributed by atoms with Crippen molar-refractivity contribution >= 4 is 0 Å². The minimum Gasteiger partial charge on any atom is -0.396 e. The predicted octanol–water partition coefficient (Wildman–Crippen LogP) is 2.45. The largest absolute Gasteiger partial charge is 0.396 e. The Morgan fingerprint density at radius 2 is 2.14 bits per heavy atom. The Morgan fingerprint density at radius 1 is 1.36 bits per heavy atom. The van der Waals surface area contributed by atoms with Gasteiger partial charge in [0.25, 0.3) is 0 Å². The van der Waals surface area contributed by atoms with Crippen LogP contribution in [0.5, 0.6) is 0 Å². The number of aliphatic hydroxyl groups is 1. The zero-order valence-electron chi connectivity index (χ0n) is 9.01. The van der Waals surface area contributed by atoms with E-state index in [1.807, 2.05) is 0 Å². The van der Waals surface area contributed by atoms with Gasteiger partial charge in [-0.2, -0.15) is 0 Å². The molecule has 1 aromatic rings. The van der Waals surface area contributed by atoms with Crippen molar-refractivity contribution in [1.82, 2.24) is 0 Å². The highest BCUT2D eigenvalue weighted by Crippen LogP contribution is 2.38. The van der Waals surface area contributed by atoms with Crippen molar-refractivity contribution in [2.45, 2.75) is 38.5 Å². The normalized spacial score (nSPS) is 18.2. The van der Waals surface area contributed by atoms with E-state index < -0.39 is 0 Å². The smallest absolute Gasteiger partial charge is 0.0471 e. The predicted molar refractivity (Wildman–Crippen MR) is 58.6 cm³/mol. The molecule has 0 saturated heterocycles. The summed E-state index contributed by atoms with van der Waals surface area (Å²) in [7, 11) is 0. The van der Waals surface area contributed by atoms with Crippen molar-refractivity contribution in [3.05, 3.63) is 34.9 Å². The molecular formula is C13H18O. The van der Waals surface area contributed by atoms with Gasteiger partial charge in [-0.3, -0.25) is 0 Å². The monoisotopic (exact) mass is 190 g/mol. The van der Waals surface area contributed by atoms with Gasteiger partial charge >= 0.3 is 0 Å². The molecule has 1 aliphatic carbocycles. The summed E-state index contributed by atoms with van der Waals surface area (Å²) in [4.78, 5) is 0. The highest BCUT2D eigenvalue weighted by molar-refractivity contribution is 5.41. The van der Waals surface area contributed by atoms with Crippen LogP contribution >= 0.6 is 0 Å². The molecule has 1 N–H and O–H groups in total.